The van der Waals surface area contributed by atoms with E-state index in [1.165, 1.54) is 11.9 Å². The van der Waals surface area contributed by atoms with Gasteiger partial charge >= 0.3 is 0 Å². The Morgan fingerprint density at radius 3 is 2.40 bits per heavy atom. The first kappa shape index (κ1) is 17.4. The van der Waals surface area contributed by atoms with Gasteiger partial charge in [0.05, 0.1) is 0 Å². The second kappa shape index (κ2) is 7.61. The normalized spacial score (nSPS) is 15.4. The summed E-state index contributed by atoms with van der Waals surface area (Å²) in [5.41, 5.74) is 2.67. The Balaban J connectivity index is 1.69. The van der Waals surface area contributed by atoms with E-state index in [-0.39, 0.29) is 5.91 Å². The molecule has 0 unspecified atom stereocenters. The molecule has 1 aliphatic heterocycles. The Hall–Kier alpha value is -2.47. The number of aromatic nitrogens is 2. The summed E-state index contributed by atoms with van der Waals surface area (Å²) in [6, 6.07) is 9.98. The van der Waals surface area contributed by atoms with E-state index in [1.54, 1.807) is 6.07 Å². The van der Waals surface area contributed by atoms with Crippen molar-refractivity contribution in [2.75, 3.05) is 38.5 Å². The molecule has 0 aliphatic carbocycles. The molecule has 1 amide bonds. The van der Waals surface area contributed by atoms with Crippen LogP contribution >= 0.6 is 0 Å². The number of nitrogens with one attached hydrogen (secondary N) is 1. The van der Waals surface area contributed by atoms with Crippen molar-refractivity contribution in [2.24, 2.45) is 0 Å². The molecule has 6 nitrogen and oxygen atoms in total. The van der Waals surface area contributed by atoms with Gasteiger partial charge in [0.2, 0.25) is 0 Å². The molecule has 6 heteroatoms. The van der Waals surface area contributed by atoms with Crippen LogP contribution in [0.4, 0.5) is 11.5 Å². The zero-order chi connectivity index (χ0) is 17.8. The molecule has 132 valence electrons. The smallest absolute Gasteiger partial charge is 0.272 e. The quantitative estimate of drug-likeness (QED) is 0.928. The molecule has 0 radical (unpaired) electrons. The van der Waals surface area contributed by atoms with Crippen LogP contribution in [0.5, 0.6) is 0 Å². The molecule has 2 aromatic rings. The van der Waals surface area contributed by atoms with Crippen molar-refractivity contribution in [3.8, 4) is 0 Å². The topological polar surface area (TPSA) is 61.4 Å². The molecule has 0 spiro atoms. The van der Waals surface area contributed by atoms with Gasteiger partial charge in [0.15, 0.2) is 0 Å². The van der Waals surface area contributed by atoms with Gasteiger partial charge in [0.25, 0.3) is 5.91 Å². The van der Waals surface area contributed by atoms with E-state index >= 15 is 0 Å². The predicted molar refractivity (Wildman–Crippen MR) is 99.2 cm³/mol. The third-order valence-electron chi connectivity index (χ3n) is 4.53. The highest BCUT2D eigenvalue weighted by Crippen LogP contribution is 2.20. The van der Waals surface area contributed by atoms with Crippen LogP contribution in [0.25, 0.3) is 0 Å². The maximum Gasteiger partial charge on any atom is 0.272 e. The van der Waals surface area contributed by atoms with Crippen molar-refractivity contribution >= 4 is 17.4 Å². The highest BCUT2D eigenvalue weighted by molar-refractivity contribution is 5.93. The molecular formula is C19H25N5O. The summed E-state index contributed by atoms with van der Waals surface area (Å²) in [6.07, 6.45) is 1.44. The molecule has 1 aliphatic rings. The van der Waals surface area contributed by atoms with Gasteiger partial charge in [-0.3, -0.25) is 4.79 Å². The number of rotatable bonds is 4. The number of likely N-dealkylation sites (N-methyl/N-ethyl adjacent to an activating group) is 1. The van der Waals surface area contributed by atoms with Crippen LogP contribution < -0.4 is 5.32 Å². The molecule has 0 atom stereocenters. The van der Waals surface area contributed by atoms with Crippen molar-refractivity contribution in [3.05, 3.63) is 47.9 Å². The highest BCUT2D eigenvalue weighted by atomic mass is 16.2. The van der Waals surface area contributed by atoms with Crippen molar-refractivity contribution in [1.29, 1.82) is 0 Å². The molecule has 25 heavy (non-hydrogen) atoms. The van der Waals surface area contributed by atoms with Gasteiger partial charge in [-0.2, -0.15) is 0 Å². The first-order chi connectivity index (χ1) is 12.0. The van der Waals surface area contributed by atoms with Crippen molar-refractivity contribution in [3.63, 3.8) is 0 Å². The maximum absolute atomic E-state index is 12.6. The lowest BCUT2D eigenvalue weighted by Crippen LogP contribution is -2.47. The van der Waals surface area contributed by atoms with Gasteiger partial charge in [0, 0.05) is 37.9 Å². The molecule has 0 saturated carbocycles. The first-order valence-electron chi connectivity index (χ1n) is 8.70. The van der Waals surface area contributed by atoms with Crippen molar-refractivity contribution in [2.45, 2.75) is 19.8 Å². The minimum Gasteiger partial charge on any atom is -0.340 e. The summed E-state index contributed by atoms with van der Waals surface area (Å²) in [5.74, 6) is 1.10. The third-order valence-corrected chi connectivity index (χ3v) is 4.53. The van der Waals surface area contributed by atoms with Crippen LogP contribution in [0.3, 0.4) is 0 Å². The minimum absolute atomic E-state index is 0.0336. The van der Waals surface area contributed by atoms with Crippen LogP contribution in [0.15, 0.2) is 36.7 Å². The van der Waals surface area contributed by atoms with E-state index in [1.807, 2.05) is 17.0 Å². The summed E-state index contributed by atoms with van der Waals surface area (Å²) in [5, 5.41) is 3.25. The number of benzene rings is 1. The number of carbonyl (C=O) groups excluding carboxylic acids is 1. The zero-order valence-corrected chi connectivity index (χ0v) is 15.1. The second-order valence-electron chi connectivity index (χ2n) is 6.79. The summed E-state index contributed by atoms with van der Waals surface area (Å²) >= 11 is 0. The zero-order valence-electron chi connectivity index (χ0n) is 15.1. The van der Waals surface area contributed by atoms with E-state index in [9.17, 15) is 4.79 Å². The lowest BCUT2D eigenvalue weighted by Gasteiger charge is -2.32. The van der Waals surface area contributed by atoms with Gasteiger partial charge in [0.1, 0.15) is 17.8 Å². The molecule has 1 fully saturated rings. The highest BCUT2D eigenvalue weighted by Gasteiger charge is 2.21. The second-order valence-corrected chi connectivity index (χ2v) is 6.79. The standard InChI is InChI=1S/C19H25N5O/c1-14(2)15-4-6-16(7-5-15)22-18-12-17(20-13-21-18)19(25)24-10-8-23(3)9-11-24/h4-7,12-14H,8-11H2,1-3H3,(H,20,21,22). The molecular weight excluding hydrogens is 314 g/mol. The van der Waals surface area contributed by atoms with E-state index in [0.717, 1.165) is 31.9 Å². The predicted octanol–water partition coefficient (Wildman–Crippen LogP) is 2.73. The summed E-state index contributed by atoms with van der Waals surface area (Å²) < 4.78 is 0. The molecule has 1 saturated heterocycles. The molecule has 2 heterocycles. The molecule has 1 aromatic carbocycles. The van der Waals surface area contributed by atoms with Gasteiger partial charge < -0.3 is 15.1 Å². The molecule has 0 bridgehead atoms. The number of nitrogens with zero attached hydrogens (tertiary/aromatic N) is 4. The summed E-state index contributed by atoms with van der Waals surface area (Å²) in [7, 11) is 2.07. The van der Waals surface area contributed by atoms with Crippen molar-refractivity contribution in [1.82, 2.24) is 19.8 Å². The molecule has 1 aromatic heterocycles. The molecule has 3 rings (SSSR count). The number of anilines is 2. The fraction of sp³-hybridized carbons (Fsp3) is 0.421. The van der Waals surface area contributed by atoms with E-state index < -0.39 is 0 Å². The fourth-order valence-corrected chi connectivity index (χ4v) is 2.81. The lowest BCUT2D eigenvalue weighted by molar-refractivity contribution is 0.0658. The number of carbonyl (C=O) groups is 1. The third kappa shape index (κ3) is 4.33. The average Bonchev–Trinajstić information content (AvgIpc) is 2.62. The van der Waals surface area contributed by atoms with Crippen LogP contribution in [-0.2, 0) is 0 Å². The number of piperazine rings is 1. The van der Waals surface area contributed by atoms with Gasteiger partial charge in [-0.15, -0.1) is 0 Å². The lowest BCUT2D eigenvalue weighted by atomic mass is 10.0. The summed E-state index contributed by atoms with van der Waals surface area (Å²) in [4.78, 5) is 25.1. The largest absolute Gasteiger partial charge is 0.340 e. The van der Waals surface area contributed by atoms with Crippen molar-refractivity contribution < 1.29 is 4.79 Å². The number of hydrogen-bond acceptors (Lipinski definition) is 5. The Kier molecular flexibility index (Phi) is 5.28. The molecule has 1 N–H and O–H groups in total. The average molecular weight is 339 g/mol. The summed E-state index contributed by atoms with van der Waals surface area (Å²) in [6.45, 7) is 7.60. The minimum atomic E-state index is -0.0336. The van der Waals surface area contributed by atoms with Crippen LogP contribution in [-0.4, -0.2) is 58.9 Å². The SMILES string of the molecule is CC(C)c1ccc(Nc2cc(C(=O)N3CCN(C)CC3)ncn2)cc1. The Labute approximate surface area is 148 Å². The number of amides is 1. The van der Waals surface area contributed by atoms with Crippen LogP contribution in [0.2, 0.25) is 0 Å². The van der Waals surface area contributed by atoms with E-state index in [4.69, 9.17) is 0 Å². The van der Waals surface area contributed by atoms with Crippen LogP contribution in [0.1, 0.15) is 35.8 Å². The number of hydrogen-bond donors (Lipinski definition) is 1. The van der Waals surface area contributed by atoms with Gasteiger partial charge in [-0.25, -0.2) is 9.97 Å². The first-order valence-corrected chi connectivity index (χ1v) is 8.70. The monoisotopic (exact) mass is 339 g/mol. The Morgan fingerprint density at radius 2 is 1.76 bits per heavy atom. The van der Waals surface area contributed by atoms with Gasteiger partial charge in [-0.05, 0) is 30.7 Å². The fourth-order valence-electron chi connectivity index (χ4n) is 2.81. The van der Waals surface area contributed by atoms with E-state index in [2.05, 4.69) is 53.2 Å². The van der Waals surface area contributed by atoms with Gasteiger partial charge in [-0.1, -0.05) is 26.0 Å². The van der Waals surface area contributed by atoms with E-state index in [0.29, 0.717) is 17.4 Å². The Bertz CT molecular complexity index is 721. The van der Waals surface area contributed by atoms with Crippen LogP contribution in [0, 0.1) is 0 Å². The maximum atomic E-state index is 12.6. The Morgan fingerprint density at radius 1 is 1.08 bits per heavy atom.